The van der Waals surface area contributed by atoms with E-state index in [4.69, 9.17) is 5.26 Å². The van der Waals surface area contributed by atoms with Crippen LogP contribution in [0.1, 0.15) is 22.8 Å². The highest BCUT2D eigenvalue weighted by atomic mass is 16.3. The predicted octanol–water partition coefficient (Wildman–Crippen LogP) is 2.72. The molecule has 0 saturated heterocycles. The second-order valence-electron chi connectivity index (χ2n) is 4.95. The average Bonchev–Trinajstić information content (AvgIpc) is 2.54. The second-order valence-corrected chi connectivity index (χ2v) is 4.95. The lowest BCUT2D eigenvalue weighted by Gasteiger charge is -2.13. The Hall–Kier alpha value is -2.84. The third kappa shape index (κ3) is 4.33. The van der Waals surface area contributed by atoms with E-state index in [-0.39, 0.29) is 6.54 Å². The van der Waals surface area contributed by atoms with Crippen molar-refractivity contribution in [3.8, 4) is 6.07 Å². The Bertz CT molecular complexity index is 673. The molecule has 0 aromatic heterocycles. The van der Waals surface area contributed by atoms with Crippen molar-refractivity contribution in [3.05, 3.63) is 65.2 Å². The zero-order valence-corrected chi connectivity index (χ0v) is 12.2. The van der Waals surface area contributed by atoms with Crippen LogP contribution in [-0.2, 0) is 0 Å². The fraction of sp³-hybridized carbons (Fsp3) is 0.176. The molecule has 2 aromatic rings. The van der Waals surface area contributed by atoms with Crippen molar-refractivity contribution >= 4 is 11.7 Å². The molecule has 0 saturated carbocycles. The number of hydrogen-bond donors (Lipinski definition) is 3. The molecule has 0 aliphatic heterocycles. The molecule has 22 heavy (non-hydrogen) atoms. The van der Waals surface area contributed by atoms with E-state index in [0.29, 0.717) is 11.3 Å². The van der Waals surface area contributed by atoms with Gasteiger partial charge in [-0.25, -0.2) is 4.79 Å². The number of benzene rings is 2. The molecule has 5 nitrogen and oxygen atoms in total. The number of rotatable bonds is 4. The van der Waals surface area contributed by atoms with E-state index < -0.39 is 12.1 Å². The quantitative estimate of drug-likeness (QED) is 0.810. The van der Waals surface area contributed by atoms with E-state index in [2.05, 4.69) is 10.6 Å². The number of aliphatic hydroxyl groups is 1. The number of nitrogens with zero attached hydrogens (tertiary/aromatic N) is 1. The first-order valence-corrected chi connectivity index (χ1v) is 6.88. The Kier molecular flexibility index (Phi) is 5.12. The van der Waals surface area contributed by atoms with Gasteiger partial charge in [-0.2, -0.15) is 5.26 Å². The van der Waals surface area contributed by atoms with Crippen LogP contribution >= 0.6 is 0 Å². The number of nitrogens with one attached hydrogen (secondary N) is 2. The Balaban J connectivity index is 1.84. The van der Waals surface area contributed by atoms with E-state index in [0.717, 1.165) is 11.1 Å². The van der Waals surface area contributed by atoms with Crippen LogP contribution in [0.2, 0.25) is 0 Å². The number of carbonyl (C=O) groups is 1. The van der Waals surface area contributed by atoms with Crippen molar-refractivity contribution in [2.45, 2.75) is 13.0 Å². The maximum Gasteiger partial charge on any atom is 0.319 e. The van der Waals surface area contributed by atoms with Crippen LogP contribution in [0.4, 0.5) is 10.5 Å². The fourth-order valence-electron chi connectivity index (χ4n) is 1.90. The lowest BCUT2D eigenvalue weighted by atomic mass is 10.1. The maximum atomic E-state index is 11.8. The lowest BCUT2D eigenvalue weighted by Crippen LogP contribution is -2.32. The lowest BCUT2D eigenvalue weighted by molar-refractivity contribution is 0.175. The number of nitriles is 1. The standard InChI is InChI=1S/C17H17N3O2/c1-12-2-6-14(7-3-12)16(21)11-19-17(22)20-15-8-4-13(10-18)5-9-15/h2-9,16,21H,11H2,1H3,(H2,19,20,22)/t16-/m0/s1. The normalized spacial score (nSPS) is 11.3. The van der Waals surface area contributed by atoms with Gasteiger partial charge in [0.25, 0.3) is 0 Å². The molecule has 0 radical (unpaired) electrons. The average molecular weight is 295 g/mol. The van der Waals surface area contributed by atoms with Crippen LogP contribution in [0, 0.1) is 18.3 Å². The van der Waals surface area contributed by atoms with E-state index in [1.807, 2.05) is 37.3 Å². The predicted molar refractivity (Wildman–Crippen MR) is 84.3 cm³/mol. The topological polar surface area (TPSA) is 85.2 Å². The van der Waals surface area contributed by atoms with Gasteiger partial charge in [-0.3, -0.25) is 0 Å². The summed E-state index contributed by atoms with van der Waals surface area (Å²) >= 11 is 0. The van der Waals surface area contributed by atoms with Crippen molar-refractivity contribution in [2.24, 2.45) is 0 Å². The molecule has 2 aromatic carbocycles. The summed E-state index contributed by atoms with van der Waals surface area (Å²) in [5, 5.41) is 24.0. The van der Waals surface area contributed by atoms with Crippen LogP contribution in [-0.4, -0.2) is 17.7 Å². The second kappa shape index (κ2) is 7.25. The van der Waals surface area contributed by atoms with Gasteiger partial charge in [0.1, 0.15) is 0 Å². The van der Waals surface area contributed by atoms with Crippen LogP contribution < -0.4 is 10.6 Å². The van der Waals surface area contributed by atoms with Crippen LogP contribution in [0.25, 0.3) is 0 Å². The van der Waals surface area contributed by atoms with Gasteiger partial charge in [-0.05, 0) is 36.8 Å². The molecule has 0 aliphatic carbocycles. The van der Waals surface area contributed by atoms with E-state index in [9.17, 15) is 9.90 Å². The van der Waals surface area contributed by atoms with Crippen LogP contribution in [0.15, 0.2) is 48.5 Å². The highest BCUT2D eigenvalue weighted by Crippen LogP contribution is 2.13. The Morgan fingerprint density at radius 2 is 1.82 bits per heavy atom. The first kappa shape index (κ1) is 15.5. The number of urea groups is 1. The first-order chi connectivity index (χ1) is 10.6. The minimum Gasteiger partial charge on any atom is -0.387 e. The van der Waals surface area contributed by atoms with Gasteiger partial charge in [0, 0.05) is 12.2 Å². The van der Waals surface area contributed by atoms with E-state index in [1.54, 1.807) is 24.3 Å². The Labute approximate surface area is 129 Å². The molecule has 0 bridgehead atoms. The molecule has 3 N–H and O–H groups in total. The number of amides is 2. The summed E-state index contributed by atoms with van der Waals surface area (Å²) in [4.78, 5) is 11.8. The van der Waals surface area contributed by atoms with Crippen LogP contribution in [0.3, 0.4) is 0 Å². The number of aliphatic hydroxyl groups excluding tert-OH is 1. The summed E-state index contributed by atoms with van der Waals surface area (Å²) in [6.45, 7) is 2.09. The number of aryl methyl sites for hydroxylation is 1. The van der Waals surface area contributed by atoms with Crippen LogP contribution in [0.5, 0.6) is 0 Å². The zero-order valence-electron chi connectivity index (χ0n) is 12.2. The summed E-state index contributed by atoms with van der Waals surface area (Å²) in [5.41, 5.74) is 2.98. The van der Waals surface area contributed by atoms with E-state index in [1.165, 1.54) is 0 Å². The molecule has 2 rings (SSSR count). The van der Waals surface area contributed by atoms with Crippen molar-refractivity contribution in [1.82, 2.24) is 5.32 Å². The van der Waals surface area contributed by atoms with Gasteiger partial charge in [0.2, 0.25) is 0 Å². The monoisotopic (exact) mass is 295 g/mol. The molecule has 0 spiro atoms. The smallest absolute Gasteiger partial charge is 0.319 e. The minimum absolute atomic E-state index is 0.116. The number of carbonyl (C=O) groups excluding carboxylic acids is 1. The van der Waals surface area contributed by atoms with Gasteiger partial charge >= 0.3 is 6.03 Å². The summed E-state index contributed by atoms with van der Waals surface area (Å²) in [7, 11) is 0. The van der Waals surface area contributed by atoms with Gasteiger partial charge in [0.05, 0.1) is 17.7 Å². The largest absolute Gasteiger partial charge is 0.387 e. The third-order valence-corrected chi connectivity index (χ3v) is 3.19. The molecule has 112 valence electrons. The third-order valence-electron chi connectivity index (χ3n) is 3.19. The van der Waals surface area contributed by atoms with Gasteiger partial charge in [0.15, 0.2) is 0 Å². The molecule has 0 aliphatic rings. The van der Waals surface area contributed by atoms with E-state index >= 15 is 0 Å². The highest BCUT2D eigenvalue weighted by Gasteiger charge is 2.09. The fourth-order valence-corrected chi connectivity index (χ4v) is 1.90. The molecule has 0 fully saturated rings. The van der Waals surface area contributed by atoms with Gasteiger partial charge in [-0.1, -0.05) is 29.8 Å². The van der Waals surface area contributed by atoms with Gasteiger partial charge in [-0.15, -0.1) is 0 Å². The molecule has 1 atom stereocenters. The highest BCUT2D eigenvalue weighted by molar-refractivity contribution is 5.89. The summed E-state index contributed by atoms with van der Waals surface area (Å²) in [5.74, 6) is 0. The summed E-state index contributed by atoms with van der Waals surface area (Å²) < 4.78 is 0. The van der Waals surface area contributed by atoms with Crippen molar-refractivity contribution in [2.75, 3.05) is 11.9 Å². The van der Waals surface area contributed by atoms with Crippen molar-refractivity contribution in [3.63, 3.8) is 0 Å². The first-order valence-electron chi connectivity index (χ1n) is 6.88. The molecule has 0 unspecified atom stereocenters. The summed E-state index contributed by atoms with van der Waals surface area (Å²) in [6.07, 6.45) is -0.757. The number of hydrogen-bond acceptors (Lipinski definition) is 3. The Morgan fingerprint density at radius 1 is 1.18 bits per heavy atom. The van der Waals surface area contributed by atoms with Crippen molar-refractivity contribution < 1.29 is 9.90 Å². The number of anilines is 1. The Morgan fingerprint density at radius 3 is 2.41 bits per heavy atom. The maximum absolute atomic E-state index is 11.8. The molecular weight excluding hydrogens is 278 g/mol. The SMILES string of the molecule is Cc1ccc([C@@H](O)CNC(=O)Nc2ccc(C#N)cc2)cc1. The molecule has 5 heteroatoms. The van der Waals surface area contributed by atoms with Crippen molar-refractivity contribution in [1.29, 1.82) is 5.26 Å². The zero-order chi connectivity index (χ0) is 15.9. The molecular formula is C17H17N3O2. The molecule has 0 heterocycles. The summed E-state index contributed by atoms with van der Waals surface area (Å²) in [6, 6.07) is 15.6. The minimum atomic E-state index is -0.757. The molecule has 2 amide bonds. The van der Waals surface area contributed by atoms with Gasteiger partial charge < -0.3 is 15.7 Å².